The number of aromatic nitrogens is 1. The lowest BCUT2D eigenvalue weighted by Crippen LogP contribution is -2.43. The maximum atomic E-state index is 12.0. The van der Waals surface area contributed by atoms with Crippen molar-refractivity contribution < 1.29 is 4.79 Å². The summed E-state index contributed by atoms with van der Waals surface area (Å²) in [6, 6.07) is 5.52. The predicted octanol–water partition coefficient (Wildman–Crippen LogP) is 2.29. The number of nitrogens with zero attached hydrogens (tertiary/aromatic N) is 4. The van der Waals surface area contributed by atoms with E-state index in [4.69, 9.17) is 0 Å². The minimum absolute atomic E-state index is 0. The third kappa shape index (κ3) is 6.89. The fourth-order valence-corrected chi connectivity index (χ4v) is 1.36. The third-order valence-corrected chi connectivity index (χ3v) is 2.31. The largest absolute Gasteiger partial charge is 0.330 e. The number of amides is 2. The van der Waals surface area contributed by atoms with Gasteiger partial charge in [0.1, 0.15) is 5.82 Å². The van der Waals surface area contributed by atoms with E-state index in [0.717, 1.165) is 6.54 Å². The van der Waals surface area contributed by atoms with Crippen LogP contribution in [0.3, 0.4) is 0 Å². The number of halogens is 2. The molecular formula is C12H22Br2N4O. The number of urea groups is 1. The Bertz CT molecular complexity index is 360. The van der Waals surface area contributed by atoms with Crippen LogP contribution < -0.4 is 4.90 Å². The number of anilines is 1. The van der Waals surface area contributed by atoms with Crippen LogP contribution in [0.1, 0.15) is 0 Å². The van der Waals surface area contributed by atoms with Gasteiger partial charge in [-0.2, -0.15) is 0 Å². The van der Waals surface area contributed by atoms with Gasteiger partial charge in [0.15, 0.2) is 0 Å². The summed E-state index contributed by atoms with van der Waals surface area (Å²) in [5, 5.41) is 0. The lowest BCUT2D eigenvalue weighted by atomic mass is 10.4. The van der Waals surface area contributed by atoms with Crippen molar-refractivity contribution in [3.63, 3.8) is 0 Å². The zero-order chi connectivity index (χ0) is 12.8. The van der Waals surface area contributed by atoms with Crippen LogP contribution in [-0.4, -0.2) is 62.1 Å². The molecule has 0 saturated carbocycles. The molecule has 1 aromatic heterocycles. The van der Waals surface area contributed by atoms with Crippen LogP contribution in [0, 0.1) is 0 Å². The normalized spacial score (nSPS) is 9.32. The fourth-order valence-electron chi connectivity index (χ4n) is 1.36. The Kier molecular flexibility index (Phi) is 11.1. The first-order chi connectivity index (χ1) is 8.02. The second-order valence-corrected chi connectivity index (χ2v) is 4.32. The fraction of sp³-hybridized carbons (Fsp3) is 0.500. The van der Waals surface area contributed by atoms with Gasteiger partial charge in [-0.25, -0.2) is 9.78 Å². The van der Waals surface area contributed by atoms with E-state index in [1.807, 2.05) is 37.2 Å². The zero-order valence-corrected chi connectivity index (χ0v) is 15.2. The van der Waals surface area contributed by atoms with Crippen molar-refractivity contribution in [2.45, 2.75) is 0 Å². The molecule has 5 nitrogen and oxygen atoms in total. The monoisotopic (exact) mass is 396 g/mol. The Morgan fingerprint density at radius 3 is 2.16 bits per heavy atom. The Balaban J connectivity index is 0. The second kappa shape index (κ2) is 10.2. The third-order valence-electron chi connectivity index (χ3n) is 2.31. The molecule has 2 amide bonds. The Labute approximate surface area is 136 Å². The van der Waals surface area contributed by atoms with Gasteiger partial charge in [0.25, 0.3) is 0 Å². The summed E-state index contributed by atoms with van der Waals surface area (Å²) in [5.74, 6) is 0.688. The number of hydrogen-bond donors (Lipinski definition) is 0. The molecule has 0 bridgehead atoms. The van der Waals surface area contributed by atoms with E-state index in [-0.39, 0.29) is 40.0 Å². The summed E-state index contributed by atoms with van der Waals surface area (Å²) < 4.78 is 0. The summed E-state index contributed by atoms with van der Waals surface area (Å²) in [6.45, 7) is 1.43. The molecule has 0 atom stereocenters. The summed E-state index contributed by atoms with van der Waals surface area (Å²) in [5.41, 5.74) is 0. The molecule has 0 fully saturated rings. The SMILES string of the molecule is Br.Br.CN(C)CCN(C(=O)N(C)C)c1ccccn1. The molecule has 0 aliphatic heterocycles. The van der Waals surface area contributed by atoms with Gasteiger partial charge in [-0.3, -0.25) is 4.90 Å². The minimum atomic E-state index is -0.0504. The number of likely N-dealkylation sites (N-methyl/N-ethyl adjacent to an activating group) is 1. The number of pyridine rings is 1. The van der Waals surface area contributed by atoms with Crippen LogP contribution in [0.2, 0.25) is 0 Å². The van der Waals surface area contributed by atoms with Crippen molar-refractivity contribution in [3.05, 3.63) is 24.4 Å². The maximum absolute atomic E-state index is 12.0. The molecule has 0 radical (unpaired) electrons. The van der Waals surface area contributed by atoms with Gasteiger partial charge in [-0.05, 0) is 26.2 Å². The highest BCUT2D eigenvalue weighted by molar-refractivity contribution is 8.93. The number of carbonyl (C=O) groups is 1. The van der Waals surface area contributed by atoms with E-state index in [0.29, 0.717) is 12.4 Å². The molecule has 1 rings (SSSR count). The highest BCUT2D eigenvalue weighted by atomic mass is 79.9. The summed E-state index contributed by atoms with van der Waals surface area (Å²) in [7, 11) is 7.45. The standard InChI is InChI=1S/C12H20N4O.2BrH/c1-14(2)9-10-16(12(17)15(3)4)11-7-5-6-8-13-11;;/h5-8H,9-10H2,1-4H3;2*1H. The van der Waals surface area contributed by atoms with Gasteiger partial charge < -0.3 is 9.80 Å². The van der Waals surface area contributed by atoms with E-state index in [9.17, 15) is 4.79 Å². The molecule has 0 unspecified atom stereocenters. The molecule has 7 heteroatoms. The van der Waals surface area contributed by atoms with Crippen molar-refractivity contribution in [3.8, 4) is 0 Å². The average Bonchev–Trinajstić information content (AvgIpc) is 2.30. The molecule has 1 heterocycles. The first-order valence-corrected chi connectivity index (χ1v) is 5.57. The molecule has 0 spiro atoms. The predicted molar refractivity (Wildman–Crippen MR) is 89.9 cm³/mol. The van der Waals surface area contributed by atoms with Gasteiger partial charge >= 0.3 is 6.03 Å². The van der Waals surface area contributed by atoms with Crippen molar-refractivity contribution >= 4 is 45.8 Å². The number of carbonyl (C=O) groups excluding carboxylic acids is 1. The summed E-state index contributed by atoms with van der Waals surface area (Å²) >= 11 is 0. The Hall–Kier alpha value is -0.660. The molecule has 0 saturated heterocycles. The maximum Gasteiger partial charge on any atom is 0.325 e. The van der Waals surface area contributed by atoms with Crippen LogP contribution in [0.4, 0.5) is 10.6 Å². The van der Waals surface area contributed by atoms with Crippen LogP contribution >= 0.6 is 34.0 Å². The highest BCUT2D eigenvalue weighted by Gasteiger charge is 2.18. The van der Waals surface area contributed by atoms with Crippen LogP contribution in [0.25, 0.3) is 0 Å². The van der Waals surface area contributed by atoms with Gasteiger partial charge in [0, 0.05) is 33.4 Å². The van der Waals surface area contributed by atoms with Crippen LogP contribution in [-0.2, 0) is 0 Å². The Morgan fingerprint density at radius 2 is 1.74 bits per heavy atom. The van der Waals surface area contributed by atoms with Crippen LogP contribution in [0.15, 0.2) is 24.4 Å². The summed E-state index contributed by atoms with van der Waals surface area (Å²) in [4.78, 5) is 21.6. The van der Waals surface area contributed by atoms with E-state index in [1.54, 1.807) is 30.1 Å². The number of hydrogen-bond acceptors (Lipinski definition) is 3. The van der Waals surface area contributed by atoms with Crippen molar-refractivity contribution in [1.29, 1.82) is 0 Å². The van der Waals surface area contributed by atoms with Gasteiger partial charge in [0.2, 0.25) is 0 Å². The molecule has 19 heavy (non-hydrogen) atoms. The topological polar surface area (TPSA) is 39.7 Å². The zero-order valence-electron chi connectivity index (χ0n) is 11.7. The molecular weight excluding hydrogens is 376 g/mol. The van der Waals surface area contributed by atoms with Gasteiger partial charge in [0.05, 0.1) is 0 Å². The van der Waals surface area contributed by atoms with Crippen molar-refractivity contribution in [1.82, 2.24) is 14.8 Å². The Morgan fingerprint density at radius 1 is 1.11 bits per heavy atom. The van der Waals surface area contributed by atoms with Gasteiger partial charge in [-0.15, -0.1) is 34.0 Å². The van der Waals surface area contributed by atoms with E-state index < -0.39 is 0 Å². The van der Waals surface area contributed by atoms with Crippen LogP contribution in [0.5, 0.6) is 0 Å². The minimum Gasteiger partial charge on any atom is -0.330 e. The van der Waals surface area contributed by atoms with E-state index >= 15 is 0 Å². The molecule has 1 aromatic rings. The van der Waals surface area contributed by atoms with Crippen molar-refractivity contribution in [2.75, 3.05) is 46.2 Å². The lowest BCUT2D eigenvalue weighted by Gasteiger charge is -2.26. The van der Waals surface area contributed by atoms with Gasteiger partial charge in [-0.1, -0.05) is 6.07 Å². The molecule has 0 aromatic carbocycles. The molecule has 0 N–H and O–H groups in total. The van der Waals surface area contributed by atoms with E-state index in [1.165, 1.54) is 0 Å². The first kappa shape index (κ1) is 20.7. The lowest BCUT2D eigenvalue weighted by molar-refractivity contribution is 0.222. The average molecular weight is 398 g/mol. The van der Waals surface area contributed by atoms with Crippen molar-refractivity contribution in [2.24, 2.45) is 0 Å². The first-order valence-electron chi connectivity index (χ1n) is 5.57. The second-order valence-electron chi connectivity index (χ2n) is 4.32. The quantitative estimate of drug-likeness (QED) is 0.782. The molecule has 110 valence electrons. The smallest absolute Gasteiger partial charge is 0.325 e. The molecule has 0 aliphatic rings. The van der Waals surface area contributed by atoms with E-state index in [2.05, 4.69) is 4.98 Å². The summed E-state index contributed by atoms with van der Waals surface area (Å²) in [6.07, 6.45) is 1.70. The highest BCUT2D eigenvalue weighted by Crippen LogP contribution is 2.10. The molecule has 0 aliphatic carbocycles. The number of rotatable bonds is 4.